The number of carbonyl (C=O) groups is 6. The standard InChI is InChI=1S/C32H45N7O8.C26H37N7O5/c1-30(2,3)45-27(41)37-18-19(12-13-23(37)26(40)44-11)22-14-24(38(28(42)46-31(4,5)6)29(43)47-32(7,8)9)39-25(35-22)21(16-34-39)20-15-33-36(10)17-20;1-25(2,3)37-23(35)30-21-10-20(29-22-19(12-28-33(21)22)17-11-27-31(7)13-17)16-8-9-18(15-34)32(14-16)24(36)38-26(4,5)6/h14-17,19,23H,12-13,18H2,1-11H3;10-13,16,18,34H,8-9,14-15H2,1-7H3,(H,30,35)/t19-,23-;16-,18-/m00/s1. The van der Waals surface area contributed by atoms with Gasteiger partial charge in [-0.2, -0.15) is 34.3 Å². The number of amides is 5. The molecule has 4 atom stereocenters. The predicted molar refractivity (Wildman–Crippen MR) is 312 cm³/mol. The van der Waals surface area contributed by atoms with Crippen molar-refractivity contribution in [2.24, 2.45) is 14.1 Å². The molecule has 2 N–H and O–H groups in total. The number of aliphatic hydroxyl groups excluding tert-OH is 1. The molecule has 462 valence electrons. The van der Waals surface area contributed by atoms with Crippen molar-refractivity contribution in [1.29, 1.82) is 0 Å². The van der Waals surface area contributed by atoms with Crippen LogP contribution in [-0.2, 0) is 47.3 Å². The highest BCUT2D eigenvalue weighted by Gasteiger charge is 2.42. The minimum atomic E-state index is -0.978. The first-order valence-electron chi connectivity index (χ1n) is 28.1. The topological polar surface area (TPSA) is 296 Å². The molecule has 0 aromatic carbocycles. The number of rotatable bonds is 8. The maximum atomic E-state index is 13.7. The summed E-state index contributed by atoms with van der Waals surface area (Å²) in [5, 5.41) is 30.3. The third-order valence-corrected chi connectivity index (χ3v) is 13.1. The number of ether oxygens (including phenoxy) is 6. The van der Waals surface area contributed by atoms with Crippen LogP contribution in [0.3, 0.4) is 0 Å². The van der Waals surface area contributed by atoms with Gasteiger partial charge < -0.3 is 38.4 Å². The monoisotopic (exact) mass is 1180 g/mol. The molecule has 0 saturated carbocycles. The van der Waals surface area contributed by atoms with E-state index in [1.165, 1.54) is 16.5 Å². The Bertz CT molecular complexity index is 3390. The fraction of sp³-hybridized carbons (Fsp3) is 0.586. The molecule has 6 aromatic rings. The van der Waals surface area contributed by atoms with Gasteiger partial charge in [-0.1, -0.05) is 0 Å². The maximum absolute atomic E-state index is 13.7. The quantitative estimate of drug-likeness (QED) is 0.106. The summed E-state index contributed by atoms with van der Waals surface area (Å²) in [7, 11) is 4.87. The van der Waals surface area contributed by atoms with Crippen LogP contribution in [0.2, 0.25) is 0 Å². The molecular weight excluding hydrogens is 1100 g/mol. The molecule has 0 spiro atoms. The van der Waals surface area contributed by atoms with Crippen molar-refractivity contribution in [3.8, 4) is 22.3 Å². The number of nitrogens with zero attached hydrogens (tertiary/aromatic N) is 13. The number of aliphatic hydroxyl groups is 1. The molecule has 2 aliphatic heterocycles. The van der Waals surface area contributed by atoms with Crippen LogP contribution in [0, 0.1) is 0 Å². The molecular formula is C58H82N14O13. The van der Waals surface area contributed by atoms with Crippen LogP contribution in [0.1, 0.15) is 153 Å². The number of likely N-dealkylation sites (tertiary alicyclic amines) is 2. The fourth-order valence-electron chi connectivity index (χ4n) is 9.54. The molecule has 5 amide bonds. The molecule has 2 fully saturated rings. The van der Waals surface area contributed by atoms with Crippen molar-refractivity contribution in [2.75, 3.05) is 37.0 Å². The first kappa shape index (κ1) is 64.2. The maximum Gasteiger partial charge on any atom is 0.425 e. The van der Waals surface area contributed by atoms with Gasteiger partial charge in [0.15, 0.2) is 17.1 Å². The number of aromatic nitrogens is 10. The van der Waals surface area contributed by atoms with Crippen LogP contribution in [0.15, 0.2) is 49.3 Å². The summed E-state index contributed by atoms with van der Waals surface area (Å²) in [5.74, 6) is -0.756. The first-order chi connectivity index (χ1) is 39.4. The highest BCUT2D eigenvalue weighted by Crippen LogP contribution is 2.37. The van der Waals surface area contributed by atoms with E-state index in [2.05, 4.69) is 25.7 Å². The Morgan fingerprint density at radius 2 is 1.02 bits per heavy atom. The lowest BCUT2D eigenvalue weighted by Gasteiger charge is -2.39. The minimum Gasteiger partial charge on any atom is -0.467 e. The van der Waals surface area contributed by atoms with Gasteiger partial charge in [-0.25, -0.2) is 38.7 Å². The van der Waals surface area contributed by atoms with E-state index in [9.17, 15) is 33.9 Å². The van der Waals surface area contributed by atoms with Crippen molar-refractivity contribution in [1.82, 2.24) is 58.6 Å². The number of nitrogens with one attached hydrogen (secondary N) is 1. The molecule has 0 unspecified atom stereocenters. The molecule has 0 radical (unpaired) electrons. The smallest absolute Gasteiger partial charge is 0.425 e. The van der Waals surface area contributed by atoms with Crippen molar-refractivity contribution in [2.45, 2.75) is 181 Å². The molecule has 8 rings (SSSR count). The summed E-state index contributed by atoms with van der Waals surface area (Å²) in [4.78, 5) is 92.9. The van der Waals surface area contributed by atoms with Crippen molar-refractivity contribution in [3.63, 3.8) is 0 Å². The molecule has 0 aliphatic carbocycles. The molecule has 8 heterocycles. The highest BCUT2D eigenvalue weighted by atomic mass is 16.6. The summed E-state index contributed by atoms with van der Waals surface area (Å²) in [6.45, 7) is 26.3. The summed E-state index contributed by atoms with van der Waals surface area (Å²) >= 11 is 0. The lowest BCUT2D eigenvalue weighted by molar-refractivity contribution is -0.148. The van der Waals surface area contributed by atoms with E-state index in [0.29, 0.717) is 65.4 Å². The predicted octanol–water partition coefficient (Wildman–Crippen LogP) is 9.41. The van der Waals surface area contributed by atoms with Crippen molar-refractivity contribution < 1.29 is 62.3 Å². The highest BCUT2D eigenvalue weighted by molar-refractivity contribution is 6.09. The third-order valence-electron chi connectivity index (χ3n) is 13.1. The molecule has 27 heteroatoms. The van der Waals surface area contributed by atoms with Crippen molar-refractivity contribution >= 4 is 59.4 Å². The van der Waals surface area contributed by atoms with Crippen LogP contribution in [0.5, 0.6) is 0 Å². The summed E-state index contributed by atoms with van der Waals surface area (Å²) in [6.07, 6.45) is 8.50. The van der Waals surface area contributed by atoms with E-state index in [-0.39, 0.29) is 37.4 Å². The number of fused-ring (bicyclic) bond motifs is 2. The number of imide groups is 1. The van der Waals surface area contributed by atoms with Crippen LogP contribution in [0.4, 0.5) is 35.6 Å². The SMILES string of the molecule is COC(=O)[C@@H]1CC[C@H](c2cc(N(C(=O)OC(C)(C)C)C(=O)OC(C)(C)C)n3ncc(-c4cnn(C)c4)c3n2)CN1C(=O)OC(C)(C)C.Cn1cc(-c2cnn3c(NC(=O)OC(C)(C)C)cc([C@H]4CC[C@@H](CO)N(C(=O)OC(C)(C)C)C4)nc23)cn1. The summed E-state index contributed by atoms with van der Waals surface area (Å²) in [6, 6.07) is 2.10. The largest absolute Gasteiger partial charge is 0.467 e. The number of hydrogen-bond donors (Lipinski definition) is 2. The second-order valence-corrected chi connectivity index (χ2v) is 26.1. The zero-order valence-corrected chi connectivity index (χ0v) is 52.0. The number of carbonyl (C=O) groups excluding carboxylic acids is 6. The average Bonchev–Trinajstić information content (AvgIpc) is 4.36. The normalized spacial score (nSPS) is 17.8. The summed E-state index contributed by atoms with van der Waals surface area (Å²) < 4.78 is 39.3. The van der Waals surface area contributed by atoms with Gasteiger partial charge in [-0.15, -0.1) is 0 Å². The van der Waals surface area contributed by atoms with Gasteiger partial charge in [0.25, 0.3) is 0 Å². The summed E-state index contributed by atoms with van der Waals surface area (Å²) in [5.41, 5.74) is 0.785. The average molecular weight is 1180 g/mol. The van der Waals surface area contributed by atoms with Crippen LogP contribution in [0.25, 0.3) is 33.5 Å². The van der Waals surface area contributed by atoms with Crippen LogP contribution in [-0.4, -0.2) is 167 Å². The van der Waals surface area contributed by atoms with E-state index in [1.54, 1.807) is 152 Å². The van der Waals surface area contributed by atoms with Crippen molar-refractivity contribution in [3.05, 3.63) is 60.7 Å². The van der Waals surface area contributed by atoms with E-state index >= 15 is 0 Å². The van der Waals surface area contributed by atoms with Crippen LogP contribution >= 0.6 is 0 Å². The Balaban J connectivity index is 0.000000249. The van der Waals surface area contributed by atoms with Gasteiger partial charge in [-0.3, -0.25) is 19.6 Å². The van der Waals surface area contributed by atoms with Gasteiger partial charge in [0.1, 0.15) is 39.9 Å². The Kier molecular flexibility index (Phi) is 18.7. The minimum absolute atomic E-state index is 0.0162. The van der Waals surface area contributed by atoms with Gasteiger partial charge in [0.2, 0.25) is 0 Å². The number of piperidine rings is 2. The Hall–Kier alpha value is -8.36. The van der Waals surface area contributed by atoms with Gasteiger partial charge in [-0.05, 0) is 130 Å². The number of hydrogen-bond acceptors (Lipinski definition) is 19. The number of methoxy groups -OCH3 is 1. The number of esters is 1. The molecule has 27 nitrogen and oxygen atoms in total. The lowest BCUT2D eigenvalue weighted by Crippen LogP contribution is -2.52. The third kappa shape index (κ3) is 16.3. The lowest BCUT2D eigenvalue weighted by atomic mass is 9.90. The molecule has 6 aromatic heterocycles. The Morgan fingerprint density at radius 3 is 1.48 bits per heavy atom. The molecule has 2 saturated heterocycles. The zero-order valence-electron chi connectivity index (χ0n) is 52.0. The first-order valence-corrected chi connectivity index (χ1v) is 28.1. The molecule has 0 bridgehead atoms. The second kappa shape index (κ2) is 24.7. The Morgan fingerprint density at radius 1 is 0.576 bits per heavy atom. The van der Waals surface area contributed by atoms with Crippen LogP contribution < -0.4 is 10.2 Å². The van der Waals surface area contributed by atoms with E-state index in [1.807, 2.05) is 34.0 Å². The van der Waals surface area contributed by atoms with Gasteiger partial charge in [0.05, 0.1) is 55.9 Å². The second-order valence-electron chi connectivity index (χ2n) is 26.1. The Labute approximate surface area is 494 Å². The fourth-order valence-corrected chi connectivity index (χ4v) is 9.54. The molecule has 85 heavy (non-hydrogen) atoms. The van der Waals surface area contributed by atoms with E-state index < -0.39 is 76.4 Å². The van der Waals surface area contributed by atoms with E-state index in [0.717, 1.165) is 16.0 Å². The zero-order chi connectivity index (χ0) is 62.9. The number of aryl methyl sites for hydroxylation is 2. The van der Waals surface area contributed by atoms with E-state index in [4.69, 9.17) is 38.4 Å². The number of anilines is 2. The molecule has 2 aliphatic rings. The van der Waals surface area contributed by atoms with Gasteiger partial charge >= 0.3 is 36.4 Å². The van der Waals surface area contributed by atoms with Gasteiger partial charge in [0, 0.05) is 85.8 Å².